The number of rotatable bonds is 6. The van der Waals surface area contributed by atoms with Gasteiger partial charge in [-0.25, -0.2) is 12.7 Å². The average Bonchev–Trinajstić information content (AvgIpc) is 2.69. The topological polar surface area (TPSA) is 78.5 Å². The van der Waals surface area contributed by atoms with E-state index in [0.717, 1.165) is 11.4 Å². The van der Waals surface area contributed by atoms with Crippen molar-refractivity contribution in [3.8, 4) is 0 Å². The van der Waals surface area contributed by atoms with Crippen LogP contribution in [0.3, 0.4) is 0 Å². The third kappa shape index (κ3) is 4.87. The predicted molar refractivity (Wildman–Crippen MR) is 108 cm³/mol. The Morgan fingerprint density at radius 3 is 2.33 bits per heavy atom. The first kappa shape index (κ1) is 19.4. The molecule has 2 aromatic carbocycles. The Bertz CT molecular complexity index is 876. The van der Waals surface area contributed by atoms with Gasteiger partial charge in [-0.05, 0) is 44.0 Å². The highest BCUT2D eigenvalue weighted by Crippen LogP contribution is 2.21. The molecule has 0 spiro atoms. The average molecular weight is 388 g/mol. The third-order valence-electron chi connectivity index (χ3n) is 4.77. The van der Waals surface area contributed by atoms with Crippen molar-refractivity contribution in [2.45, 2.75) is 25.8 Å². The van der Waals surface area contributed by atoms with Gasteiger partial charge in [0.2, 0.25) is 10.0 Å². The van der Waals surface area contributed by atoms with Crippen molar-refractivity contribution in [3.05, 3.63) is 60.2 Å². The normalized spacial score (nSPS) is 16.0. The van der Waals surface area contributed by atoms with Gasteiger partial charge in [0, 0.05) is 24.8 Å². The maximum atomic E-state index is 12.8. The Labute approximate surface area is 160 Å². The smallest absolute Gasteiger partial charge is 0.253 e. The molecule has 1 saturated heterocycles. The van der Waals surface area contributed by atoms with Gasteiger partial charge in [0.05, 0.1) is 17.0 Å². The molecule has 0 radical (unpaired) electrons. The van der Waals surface area contributed by atoms with E-state index in [9.17, 15) is 13.2 Å². The fraction of sp³-hybridized carbons (Fsp3) is 0.350. The molecule has 0 bridgehead atoms. The van der Waals surface area contributed by atoms with E-state index in [-0.39, 0.29) is 17.7 Å². The molecule has 144 valence electrons. The minimum atomic E-state index is -3.16. The number of benzene rings is 2. The molecule has 0 atom stereocenters. The van der Waals surface area contributed by atoms with Crippen LogP contribution in [0.4, 0.5) is 11.4 Å². The summed E-state index contributed by atoms with van der Waals surface area (Å²) in [4.78, 5) is 12.8. The van der Waals surface area contributed by atoms with Gasteiger partial charge in [-0.2, -0.15) is 0 Å². The molecule has 2 N–H and O–H groups in total. The lowest BCUT2D eigenvalue weighted by atomic mass is 10.1. The van der Waals surface area contributed by atoms with E-state index in [1.165, 1.54) is 4.31 Å². The van der Waals surface area contributed by atoms with Crippen molar-refractivity contribution in [2.75, 3.05) is 24.2 Å². The number of hydrogen-bond acceptors (Lipinski definition) is 4. The Kier molecular flexibility index (Phi) is 6.13. The Balaban J connectivity index is 1.64. The molecular weight excluding hydrogens is 362 g/mol. The van der Waals surface area contributed by atoms with E-state index in [2.05, 4.69) is 10.6 Å². The van der Waals surface area contributed by atoms with Gasteiger partial charge in [0.1, 0.15) is 0 Å². The number of sulfonamides is 1. The highest BCUT2D eigenvalue weighted by atomic mass is 32.2. The second-order valence-corrected chi connectivity index (χ2v) is 8.84. The quantitative estimate of drug-likeness (QED) is 0.799. The lowest BCUT2D eigenvalue weighted by Crippen LogP contribution is -2.46. The molecule has 7 heteroatoms. The predicted octanol–water partition coefficient (Wildman–Crippen LogP) is 2.97. The lowest BCUT2D eigenvalue weighted by molar-refractivity contribution is 0.0924. The van der Waals surface area contributed by atoms with Gasteiger partial charge in [0.15, 0.2) is 0 Å². The SMILES string of the molecule is CCS(=O)(=O)N1CCC(NC(=O)c2ccccc2Nc2ccccc2)CC1. The summed E-state index contributed by atoms with van der Waals surface area (Å²) < 4.78 is 25.4. The zero-order chi connectivity index (χ0) is 19.3. The molecule has 3 rings (SSSR count). The zero-order valence-corrected chi connectivity index (χ0v) is 16.2. The van der Waals surface area contributed by atoms with E-state index in [1.54, 1.807) is 13.0 Å². The summed E-state index contributed by atoms with van der Waals surface area (Å²) in [5, 5.41) is 6.33. The van der Waals surface area contributed by atoms with Crippen LogP contribution in [0.25, 0.3) is 0 Å². The minimum absolute atomic E-state index is 0.0226. The van der Waals surface area contributed by atoms with E-state index >= 15 is 0 Å². The molecule has 1 heterocycles. The van der Waals surface area contributed by atoms with Gasteiger partial charge in [-0.3, -0.25) is 4.79 Å². The first-order valence-electron chi connectivity index (χ1n) is 9.19. The molecule has 0 unspecified atom stereocenters. The maximum absolute atomic E-state index is 12.8. The summed E-state index contributed by atoms with van der Waals surface area (Å²) in [6.45, 7) is 2.55. The molecule has 1 fully saturated rings. The van der Waals surface area contributed by atoms with Crippen LogP contribution >= 0.6 is 0 Å². The van der Waals surface area contributed by atoms with Crippen molar-refractivity contribution in [2.24, 2.45) is 0 Å². The van der Waals surface area contributed by atoms with E-state index in [1.807, 2.05) is 48.5 Å². The maximum Gasteiger partial charge on any atom is 0.253 e. The summed E-state index contributed by atoms with van der Waals surface area (Å²) >= 11 is 0. The van der Waals surface area contributed by atoms with Crippen LogP contribution in [0.15, 0.2) is 54.6 Å². The Hall–Kier alpha value is -2.38. The van der Waals surface area contributed by atoms with Gasteiger partial charge >= 0.3 is 0 Å². The van der Waals surface area contributed by atoms with E-state index < -0.39 is 10.0 Å². The Morgan fingerprint density at radius 1 is 1.04 bits per heavy atom. The van der Waals surface area contributed by atoms with Crippen LogP contribution in [-0.2, 0) is 10.0 Å². The second kappa shape index (κ2) is 8.54. The number of piperidine rings is 1. The standard InChI is InChI=1S/C20H25N3O3S/c1-2-27(25,26)23-14-12-17(13-15-23)22-20(24)18-10-6-7-11-19(18)21-16-8-4-3-5-9-16/h3-11,17,21H,2,12-15H2,1H3,(H,22,24). The third-order valence-corrected chi connectivity index (χ3v) is 6.65. The van der Waals surface area contributed by atoms with E-state index in [4.69, 9.17) is 0 Å². The first-order chi connectivity index (χ1) is 13.0. The van der Waals surface area contributed by atoms with Gasteiger partial charge in [0.25, 0.3) is 5.91 Å². The number of hydrogen-bond donors (Lipinski definition) is 2. The summed E-state index contributed by atoms with van der Waals surface area (Å²) in [6.07, 6.45) is 1.25. The molecule has 27 heavy (non-hydrogen) atoms. The van der Waals surface area contributed by atoms with Crippen LogP contribution in [0, 0.1) is 0 Å². The largest absolute Gasteiger partial charge is 0.355 e. The number of para-hydroxylation sites is 2. The molecule has 0 saturated carbocycles. The lowest BCUT2D eigenvalue weighted by Gasteiger charge is -2.31. The number of amides is 1. The molecule has 0 aliphatic carbocycles. The number of anilines is 2. The highest BCUT2D eigenvalue weighted by molar-refractivity contribution is 7.89. The van der Waals surface area contributed by atoms with Gasteiger partial charge in [-0.1, -0.05) is 30.3 Å². The molecular formula is C20H25N3O3S. The number of carbonyl (C=O) groups is 1. The fourth-order valence-electron chi connectivity index (χ4n) is 3.19. The van der Waals surface area contributed by atoms with Crippen LogP contribution in [0.2, 0.25) is 0 Å². The molecule has 1 amide bonds. The number of nitrogens with zero attached hydrogens (tertiary/aromatic N) is 1. The summed E-state index contributed by atoms with van der Waals surface area (Å²) in [5.74, 6) is -0.0337. The minimum Gasteiger partial charge on any atom is -0.355 e. The van der Waals surface area contributed by atoms with Crippen LogP contribution < -0.4 is 10.6 Å². The monoisotopic (exact) mass is 387 g/mol. The molecule has 6 nitrogen and oxygen atoms in total. The molecule has 1 aliphatic heterocycles. The number of carbonyl (C=O) groups excluding carboxylic acids is 1. The van der Waals surface area contributed by atoms with Crippen molar-refractivity contribution in [1.29, 1.82) is 0 Å². The summed E-state index contributed by atoms with van der Waals surface area (Å²) in [6, 6.07) is 17.1. The molecule has 2 aromatic rings. The Morgan fingerprint density at radius 2 is 1.67 bits per heavy atom. The van der Waals surface area contributed by atoms with Crippen LogP contribution in [-0.4, -0.2) is 43.5 Å². The van der Waals surface area contributed by atoms with Crippen molar-refractivity contribution < 1.29 is 13.2 Å². The van der Waals surface area contributed by atoms with Crippen molar-refractivity contribution >= 4 is 27.3 Å². The van der Waals surface area contributed by atoms with Crippen molar-refractivity contribution in [1.82, 2.24) is 9.62 Å². The number of nitrogens with one attached hydrogen (secondary N) is 2. The van der Waals surface area contributed by atoms with Crippen LogP contribution in [0.5, 0.6) is 0 Å². The van der Waals surface area contributed by atoms with Gasteiger partial charge < -0.3 is 10.6 Å². The molecule has 1 aliphatic rings. The van der Waals surface area contributed by atoms with Crippen LogP contribution in [0.1, 0.15) is 30.1 Å². The summed E-state index contributed by atoms with van der Waals surface area (Å²) in [7, 11) is -3.16. The first-order valence-corrected chi connectivity index (χ1v) is 10.8. The van der Waals surface area contributed by atoms with E-state index in [0.29, 0.717) is 31.5 Å². The van der Waals surface area contributed by atoms with Crippen molar-refractivity contribution in [3.63, 3.8) is 0 Å². The zero-order valence-electron chi connectivity index (χ0n) is 15.4. The van der Waals surface area contributed by atoms with Gasteiger partial charge in [-0.15, -0.1) is 0 Å². The highest BCUT2D eigenvalue weighted by Gasteiger charge is 2.27. The summed E-state index contributed by atoms with van der Waals surface area (Å²) in [5.41, 5.74) is 2.23. The molecule has 0 aromatic heterocycles. The fourth-order valence-corrected chi connectivity index (χ4v) is 4.32. The second-order valence-electron chi connectivity index (χ2n) is 6.58.